The van der Waals surface area contributed by atoms with Crippen LogP contribution in [-0.4, -0.2) is 30.6 Å². The lowest BCUT2D eigenvalue weighted by Gasteiger charge is -2.30. The van der Waals surface area contributed by atoms with Crippen molar-refractivity contribution < 1.29 is 19.1 Å². The molecule has 0 radical (unpaired) electrons. The largest absolute Gasteiger partial charge is 0.468 e. The van der Waals surface area contributed by atoms with Crippen molar-refractivity contribution in [2.45, 2.75) is 12.5 Å². The number of rotatable bonds is 7. The molecule has 0 aromatic heterocycles. The third-order valence-corrected chi connectivity index (χ3v) is 6.16. The van der Waals surface area contributed by atoms with Gasteiger partial charge in [0.05, 0.1) is 29.5 Å². The molecule has 0 fully saturated rings. The molecule has 3 rings (SSSR count). The van der Waals surface area contributed by atoms with Crippen molar-refractivity contribution in [2.24, 2.45) is 5.92 Å². The highest BCUT2D eigenvalue weighted by Crippen LogP contribution is 2.40. The summed E-state index contributed by atoms with van der Waals surface area (Å²) in [5, 5.41) is 16.0. The number of allylic oxidation sites excluding steroid dienone is 1. The van der Waals surface area contributed by atoms with Crippen LogP contribution >= 0.6 is 23.4 Å². The molecule has 2 amide bonds. The molecule has 1 aliphatic heterocycles. The number of nitrogens with zero attached hydrogens (tertiary/aromatic N) is 1. The molecule has 2 aromatic rings. The Balaban J connectivity index is 1.82. The van der Waals surface area contributed by atoms with Crippen LogP contribution in [0.4, 0.5) is 0 Å². The number of esters is 1. The molecule has 1 heterocycles. The first-order chi connectivity index (χ1) is 15.4. The summed E-state index contributed by atoms with van der Waals surface area (Å²) in [5.74, 6) is -3.69. The zero-order valence-electron chi connectivity index (χ0n) is 17.1. The highest BCUT2D eigenvalue weighted by atomic mass is 35.5. The van der Waals surface area contributed by atoms with Gasteiger partial charge in [0.15, 0.2) is 0 Å². The van der Waals surface area contributed by atoms with Gasteiger partial charge in [0.25, 0.3) is 0 Å². The Kier molecular flexibility index (Phi) is 7.92. The maximum atomic E-state index is 12.8. The number of hydrogen-bond acceptors (Lipinski definition) is 6. The molecular weight excluding hydrogens is 450 g/mol. The standard InChI is InChI=1S/C23H20ClN3O4S/c1-31-23(30)20-19(15-7-9-16(24)10-8-15)17(11-25)22(27-21(20)29)32-13-18(28)26-12-14-5-3-2-4-6-14/h2-10,19-20H,12-13H2,1H3,(H,26,28)(H,27,29)/t19-,20-/m1/s1. The number of carbonyl (C=O) groups excluding carboxylic acids is 3. The van der Waals surface area contributed by atoms with Gasteiger partial charge >= 0.3 is 5.97 Å². The van der Waals surface area contributed by atoms with Crippen LogP contribution in [0.15, 0.2) is 65.2 Å². The molecule has 0 saturated carbocycles. The van der Waals surface area contributed by atoms with Gasteiger partial charge in [-0.3, -0.25) is 14.4 Å². The first-order valence-electron chi connectivity index (χ1n) is 9.66. The van der Waals surface area contributed by atoms with Crippen molar-refractivity contribution in [3.63, 3.8) is 0 Å². The number of hydrogen-bond donors (Lipinski definition) is 2. The zero-order chi connectivity index (χ0) is 23.1. The molecule has 1 aliphatic rings. The van der Waals surface area contributed by atoms with Crippen molar-refractivity contribution in [1.29, 1.82) is 5.26 Å². The third-order valence-electron chi connectivity index (χ3n) is 4.89. The van der Waals surface area contributed by atoms with Gasteiger partial charge in [-0.1, -0.05) is 65.8 Å². The van der Waals surface area contributed by atoms with Crippen LogP contribution in [0.25, 0.3) is 0 Å². The van der Waals surface area contributed by atoms with Gasteiger partial charge in [-0.15, -0.1) is 0 Å². The van der Waals surface area contributed by atoms with Crippen molar-refractivity contribution >= 4 is 41.1 Å². The van der Waals surface area contributed by atoms with Crippen LogP contribution in [0, 0.1) is 17.2 Å². The number of thioether (sulfide) groups is 1. The van der Waals surface area contributed by atoms with Crippen LogP contribution in [0.3, 0.4) is 0 Å². The molecular formula is C23H20ClN3O4S. The van der Waals surface area contributed by atoms with E-state index in [2.05, 4.69) is 16.7 Å². The fourth-order valence-electron chi connectivity index (χ4n) is 3.33. The van der Waals surface area contributed by atoms with Crippen molar-refractivity contribution in [1.82, 2.24) is 10.6 Å². The van der Waals surface area contributed by atoms with Crippen molar-refractivity contribution in [3.8, 4) is 6.07 Å². The van der Waals surface area contributed by atoms with E-state index < -0.39 is 23.7 Å². The fraction of sp³-hybridized carbons (Fsp3) is 0.217. The number of ether oxygens (including phenoxy) is 1. The monoisotopic (exact) mass is 469 g/mol. The van der Waals surface area contributed by atoms with Crippen molar-refractivity contribution in [3.05, 3.63) is 81.3 Å². The summed E-state index contributed by atoms with van der Waals surface area (Å²) in [6.45, 7) is 0.370. The van der Waals surface area contributed by atoms with Gasteiger partial charge in [0.1, 0.15) is 5.92 Å². The molecule has 32 heavy (non-hydrogen) atoms. The highest BCUT2D eigenvalue weighted by Gasteiger charge is 2.44. The minimum absolute atomic E-state index is 0.0101. The second-order valence-electron chi connectivity index (χ2n) is 6.92. The van der Waals surface area contributed by atoms with Crippen LogP contribution in [0.1, 0.15) is 17.0 Å². The van der Waals surface area contributed by atoms with E-state index in [0.717, 1.165) is 17.3 Å². The summed E-state index contributed by atoms with van der Waals surface area (Å²) in [5.41, 5.74) is 1.71. The maximum Gasteiger partial charge on any atom is 0.319 e. The summed E-state index contributed by atoms with van der Waals surface area (Å²) in [6.07, 6.45) is 0. The second-order valence-corrected chi connectivity index (χ2v) is 8.35. The van der Waals surface area contributed by atoms with E-state index in [4.69, 9.17) is 16.3 Å². The number of methoxy groups -OCH3 is 1. The quantitative estimate of drug-likeness (QED) is 0.476. The minimum Gasteiger partial charge on any atom is -0.468 e. The van der Waals surface area contributed by atoms with Crippen LogP contribution in [-0.2, 0) is 25.7 Å². The lowest BCUT2D eigenvalue weighted by Crippen LogP contribution is -2.44. The van der Waals surface area contributed by atoms with Gasteiger partial charge in [0.2, 0.25) is 11.8 Å². The molecule has 164 valence electrons. The van der Waals surface area contributed by atoms with Crippen LogP contribution in [0.5, 0.6) is 0 Å². The average Bonchev–Trinajstić information content (AvgIpc) is 2.81. The third kappa shape index (κ3) is 5.49. The summed E-state index contributed by atoms with van der Waals surface area (Å²) in [7, 11) is 1.19. The molecule has 0 unspecified atom stereocenters. The summed E-state index contributed by atoms with van der Waals surface area (Å²) in [4.78, 5) is 37.5. The van der Waals surface area contributed by atoms with Gasteiger partial charge in [-0.05, 0) is 23.3 Å². The molecule has 2 N–H and O–H groups in total. The second kappa shape index (κ2) is 10.8. The molecule has 0 saturated heterocycles. The molecule has 2 aromatic carbocycles. The Hall–Kier alpha value is -3.28. The van der Waals surface area contributed by atoms with Gasteiger partial charge in [0, 0.05) is 17.5 Å². The van der Waals surface area contributed by atoms with E-state index in [0.29, 0.717) is 17.1 Å². The lowest BCUT2D eigenvalue weighted by atomic mass is 9.78. The van der Waals surface area contributed by atoms with Crippen LogP contribution in [0.2, 0.25) is 5.02 Å². The summed E-state index contributed by atoms with van der Waals surface area (Å²) < 4.78 is 4.81. The fourth-order valence-corrected chi connectivity index (χ4v) is 4.34. The first kappa shape index (κ1) is 23.4. The van der Waals surface area contributed by atoms with E-state index in [9.17, 15) is 19.6 Å². The molecule has 2 atom stereocenters. The highest BCUT2D eigenvalue weighted by molar-refractivity contribution is 8.03. The number of halogens is 1. The van der Waals surface area contributed by atoms with Gasteiger partial charge in [-0.2, -0.15) is 5.26 Å². The van der Waals surface area contributed by atoms with Crippen LogP contribution < -0.4 is 10.6 Å². The minimum atomic E-state index is -1.23. The van der Waals surface area contributed by atoms with Gasteiger partial charge < -0.3 is 15.4 Å². The molecule has 0 spiro atoms. The number of carbonyl (C=O) groups is 3. The Labute approximate surface area is 194 Å². The first-order valence-corrected chi connectivity index (χ1v) is 11.0. The number of benzene rings is 2. The maximum absolute atomic E-state index is 12.8. The van der Waals surface area contributed by atoms with E-state index in [-0.39, 0.29) is 22.3 Å². The van der Waals surface area contributed by atoms with E-state index in [1.54, 1.807) is 24.3 Å². The number of nitrogens with one attached hydrogen (secondary N) is 2. The predicted molar refractivity (Wildman–Crippen MR) is 121 cm³/mol. The smallest absolute Gasteiger partial charge is 0.319 e. The Bertz CT molecular complexity index is 1080. The number of nitriles is 1. The van der Waals surface area contributed by atoms with E-state index in [1.807, 2.05) is 30.3 Å². The number of amides is 2. The van der Waals surface area contributed by atoms with Crippen molar-refractivity contribution in [2.75, 3.05) is 12.9 Å². The Morgan fingerprint density at radius 1 is 1.19 bits per heavy atom. The molecule has 0 bridgehead atoms. The normalized spacial score (nSPS) is 17.8. The molecule has 0 aliphatic carbocycles. The van der Waals surface area contributed by atoms with E-state index >= 15 is 0 Å². The Morgan fingerprint density at radius 3 is 2.50 bits per heavy atom. The SMILES string of the molecule is COC(=O)[C@H]1C(=O)NC(SCC(=O)NCc2ccccc2)=C(C#N)[C@H]1c1ccc(Cl)cc1. The van der Waals surface area contributed by atoms with E-state index in [1.165, 1.54) is 7.11 Å². The summed E-state index contributed by atoms with van der Waals surface area (Å²) >= 11 is 7.00. The topological polar surface area (TPSA) is 108 Å². The molecule has 7 nitrogen and oxygen atoms in total. The Morgan fingerprint density at radius 2 is 1.88 bits per heavy atom. The van der Waals surface area contributed by atoms with Gasteiger partial charge in [-0.25, -0.2) is 0 Å². The summed E-state index contributed by atoms with van der Waals surface area (Å²) in [6, 6.07) is 18.1. The lowest BCUT2D eigenvalue weighted by molar-refractivity contribution is -0.150. The molecule has 9 heteroatoms. The predicted octanol–water partition coefficient (Wildman–Crippen LogP) is 3.13. The average molecular weight is 470 g/mol. The zero-order valence-corrected chi connectivity index (χ0v) is 18.7.